The number of hydrogen-bond acceptors (Lipinski definition) is 0. The lowest BCUT2D eigenvalue weighted by Gasteiger charge is -2.13. The molecule has 0 heterocycles. The fraction of sp³-hybridized carbons (Fsp3) is 1.00. The summed E-state index contributed by atoms with van der Waals surface area (Å²) in [5.74, 6) is 3.08. The van der Waals surface area contributed by atoms with Gasteiger partial charge in [0.2, 0.25) is 0 Å². The average molecular weight is 154 g/mol. The molecular formula is C11H22. The zero-order valence-corrected chi connectivity index (χ0v) is 8.27. The van der Waals surface area contributed by atoms with Crippen LogP contribution in [0.2, 0.25) is 0 Å². The van der Waals surface area contributed by atoms with E-state index in [-0.39, 0.29) is 0 Å². The summed E-state index contributed by atoms with van der Waals surface area (Å²) in [6.07, 6.45) is 7.29. The molecule has 0 aromatic rings. The van der Waals surface area contributed by atoms with E-state index in [1.807, 2.05) is 0 Å². The number of rotatable bonds is 3. The van der Waals surface area contributed by atoms with Crippen molar-refractivity contribution in [3.05, 3.63) is 0 Å². The van der Waals surface area contributed by atoms with Crippen LogP contribution in [-0.2, 0) is 0 Å². The predicted molar refractivity (Wildman–Crippen MR) is 50.6 cm³/mol. The Bertz CT molecular complexity index is 107. The average Bonchev–Trinajstić information content (AvgIpc) is 2.26. The maximum absolute atomic E-state index is 2.43. The molecule has 0 nitrogen and oxygen atoms in total. The van der Waals surface area contributed by atoms with E-state index >= 15 is 0 Å². The van der Waals surface area contributed by atoms with E-state index in [1.54, 1.807) is 0 Å². The van der Waals surface area contributed by atoms with Crippen molar-refractivity contribution in [2.24, 2.45) is 17.8 Å². The van der Waals surface area contributed by atoms with Crippen LogP contribution < -0.4 is 0 Å². The number of hydrogen-bond donors (Lipinski definition) is 0. The predicted octanol–water partition coefficient (Wildman–Crippen LogP) is 3.86. The highest BCUT2D eigenvalue weighted by Crippen LogP contribution is 2.38. The molecule has 0 N–H and O–H groups in total. The molecule has 0 aromatic heterocycles. The molecule has 1 saturated carbocycles. The van der Waals surface area contributed by atoms with Crippen molar-refractivity contribution in [3.63, 3.8) is 0 Å². The second-order valence-corrected chi connectivity index (χ2v) is 4.46. The minimum absolute atomic E-state index is 1.01. The maximum Gasteiger partial charge on any atom is -0.0386 e. The first-order valence-electron chi connectivity index (χ1n) is 5.24. The minimum atomic E-state index is 1.01. The van der Waals surface area contributed by atoms with Crippen LogP contribution in [0.1, 0.15) is 52.9 Å². The fourth-order valence-corrected chi connectivity index (χ4v) is 2.54. The highest BCUT2D eigenvalue weighted by molar-refractivity contribution is 4.78. The number of unbranched alkanes of at least 4 members (excludes halogenated alkanes) is 1. The molecule has 0 bridgehead atoms. The Kier molecular flexibility index (Phi) is 3.42. The Balaban J connectivity index is 2.23. The van der Waals surface area contributed by atoms with Crippen LogP contribution in [0, 0.1) is 17.8 Å². The Morgan fingerprint density at radius 2 is 1.91 bits per heavy atom. The Hall–Kier alpha value is 0. The molecule has 1 rings (SSSR count). The molecule has 0 saturated heterocycles. The molecule has 1 aliphatic rings. The first-order chi connectivity index (χ1) is 5.24. The standard InChI is InChI=1S/C11H22/c1-4-5-6-11-8-9(2)7-10(11)3/h9-11H,4-8H2,1-3H3/t9?,10-,11?/m1/s1. The van der Waals surface area contributed by atoms with E-state index in [9.17, 15) is 0 Å². The third-order valence-corrected chi connectivity index (χ3v) is 3.21. The van der Waals surface area contributed by atoms with Gasteiger partial charge in [0.1, 0.15) is 0 Å². The Morgan fingerprint density at radius 1 is 1.18 bits per heavy atom. The lowest BCUT2D eigenvalue weighted by Crippen LogP contribution is -2.02. The van der Waals surface area contributed by atoms with E-state index in [1.165, 1.54) is 32.1 Å². The molecule has 0 heteroatoms. The summed E-state index contributed by atoms with van der Waals surface area (Å²) in [5.41, 5.74) is 0. The first kappa shape index (κ1) is 9.09. The van der Waals surface area contributed by atoms with Crippen molar-refractivity contribution in [1.82, 2.24) is 0 Å². The smallest absolute Gasteiger partial charge is 0.0386 e. The third kappa shape index (κ3) is 2.50. The van der Waals surface area contributed by atoms with Gasteiger partial charge < -0.3 is 0 Å². The van der Waals surface area contributed by atoms with Crippen LogP contribution in [0.15, 0.2) is 0 Å². The summed E-state index contributed by atoms with van der Waals surface area (Å²) in [7, 11) is 0. The molecule has 2 unspecified atom stereocenters. The van der Waals surface area contributed by atoms with Crippen molar-refractivity contribution in [2.75, 3.05) is 0 Å². The van der Waals surface area contributed by atoms with Gasteiger partial charge in [-0.15, -0.1) is 0 Å². The first-order valence-corrected chi connectivity index (χ1v) is 5.24. The van der Waals surface area contributed by atoms with Gasteiger partial charge in [-0.25, -0.2) is 0 Å². The summed E-state index contributed by atoms with van der Waals surface area (Å²) in [6, 6.07) is 0. The van der Waals surface area contributed by atoms with Crippen LogP contribution in [-0.4, -0.2) is 0 Å². The zero-order valence-electron chi connectivity index (χ0n) is 8.27. The molecule has 1 fully saturated rings. The van der Waals surface area contributed by atoms with Gasteiger partial charge in [-0.1, -0.05) is 40.0 Å². The van der Waals surface area contributed by atoms with Crippen LogP contribution >= 0.6 is 0 Å². The Labute approximate surface area is 71.4 Å². The van der Waals surface area contributed by atoms with Gasteiger partial charge in [-0.3, -0.25) is 0 Å². The molecule has 0 aromatic carbocycles. The van der Waals surface area contributed by atoms with E-state index < -0.39 is 0 Å². The molecule has 0 aliphatic heterocycles. The van der Waals surface area contributed by atoms with Crippen LogP contribution in [0.3, 0.4) is 0 Å². The van der Waals surface area contributed by atoms with Crippen molar-refractivity contribution in [1.29, 1.82) is 0 Å². The quantitative estimate of drug-likeness (QED) is 0.579. The van der Waals surface area contributed by atoms with Crippen LogP contribution in [0.4, 0.5) is 0 Å². The molecule has 0 spiro atoms. The lowest BCUT2D eigenvalue weighted by molar-refractivity contribution is 0.379. The zero-order chi connectivity index (χ0) is 8.27. The lowest BCUT2D eigenvalue weighted by atomic mass is 9.93. The van der Waals surface area contributed by atoms with E-state index in [4.69, 9.17) is 0 Å². The van der Waals surface area contributed by atoms with Gasteiger partial charge >= 0.3 is 0 Å². The van der Waals surface area contributed by atoms with Crippen molar-refractivity contribution in [2.45, 2.75) is 52.9 Å². The van der Waals surface area contributed by atoms with Crippen molar-refractivity contribution >= 4 is 0 Å². The van der Waals surface area contributed by atoms with Crippen LogP contribution in [0.5, 0.6) is 0 Å². The maximum atomic E-state index is 2.43. The summed E-state index contributed by atoms with van der Waals surface area (Å²) in [6.45, 7) is 7.13. The largest absolute Gasteiger partial charge is 0.0654 e. The molecule has 66 valence electrons. The Morgan fingerprint density at radius 3 is 2.36 bits per heavy atom. The molecular weight excluding hydrogens is 132 g/mol. The fourth-order valence-electron chi connectivity index (χ4n) is 2.54. The second kappa shape index (κ2) is 4.13. The molecule has 0 amide bonds. The van der Waals surface area contributed by atoms with Crippen molar-refractivity contribution in [3.8, 4) is 0 Å². The second-order valence-electron chi connectivity index (χ2n) is 4.46. The normalized spacial score (nSPS) is 37.9. The molecule has 1 aliphatic carbocycles. The van der Waals surface area contributed by atoms with E-state index in [0.717, 1.165) is 17.8 Å². The van der Waals surface area contributed by atoms with Gasteiger partial charge in [0.25, 0.3) is 0 Å². The van der Waals surface area contributed by atoms with Crippen LogP contribution in [0.25, 0.3) is 0 Å². The van der Waals surface area contributed by atoms with E-state index in [2.05, 4.69) is 20.8 Å². The van der Waals surface area contributed by atoms with E-state index in [0.29, 0.717) is 0 Å². The molecule has 0 radical (unpaired) electrons. The monoisotopic (exact) mass is 154 g/mol. The van der Waals surface area contributed by atoms with Crippen molar-refractivity contribution < 1.29 is 0 Å². The summed E-state index contributed by atoms with van der Waals surface area (Å²) >= 11 is 0. The van der Waals surface area contributed by atoms with Gasteiger partial charge in [-0.05, 0) is 30.6 Å². The van der Waals surface area contributed by atoms with Gasteiger partial charge in [0.05, 0.1) is 0 Å². The summed E-state index contributed by atoms with van der Waals surface area (Å²) in [5, 5.41) is 0. The van der Waals surface area contributed by atoms with Gasteiger partial charge in [-0.2, -0.15) is 0 Å². The SMILES string of the molecule is CCCCC1CC(C)C[C@H]1C. The summed E-state index contributed by atoms with van der Waals surface area (Å²) < 4.78 is 0. The van der Waals surface area contributed by atoms with Gasteiger partial charge in [0, 0.05) is 0 Å². The topological polar surface area (TPSA) is 0 Å². The third-order valence-electron chi connectivity index (χ3n) is 3.21. The molecule has 11 heavy (non-hydrogen) atoms. The minimum Gasteiger partial charge on any atom is -0.0654 e. The highest BCUT2D eigenvalue weighted by Gasteiger charge is 2.27. The molecule has 3 atom stereocenters. The van der Waals surface area contributed by atoms with Gasteiger partial charge in [0.15, 0.2) is 0 Å². The highest BCUT2D eigenvalue weighted by atomic mass is 14.3. The summed E-state index contributed by atoms with van der Waals surface area (Å²) in [4.78, 5) is 0.